The van der Waals surface area contributed by atoms with Crippen molar-refractivity contribution in [2.45, 2.75) is 125 Å². The fourth-order valence-corrected chi connectivity index (χ4v) is 8.71. The first kappa shape index (κ1) is 22.6. The van der Waals surface area contributed by atoms with E-state index in [-0.39, 0.29) is 5.60 Å². The van der Waals surface area contributed by atoms with Crippen LogP contribution in [0, 0.1) is 40.4 Å². The van der Waals surface area contributed by atoms with Gasteiger partial charge in [-0.15, -0.1) is 0 Å². The molecule has 4 rings (SSSR count). The highest BCUT2D eigenvalue weighted by molar-refractivity contribution is 5.13. The van der Waals surface area contributed by atoms with Crippen LogP contribution >= 0.6 is 0 Å². The van der Waals surface area contributed by atoms with Crippen molar-refractivity contribution in [2.24, 2.45) is 40.4 Å². The Balaban J connectivity index is 0.00000109. The summed E-state index contributed by atoms with van der Waals surface area (Å²) >= 11 is 0. The molecule has 28 heavy (non-hydrogen) atoms. The molecule has 0 aromatic carbocycles. The maximum atomic E-state index is 5.97. The number of epoxide rings is 1. The summed E-state index contributed by atoms with van der Waals surface area (Å²) in [5.41, 5.74) is 1.42. The SMILES string of the molecule is CC.CCCCC1CCC2C(CCC3(C)C2CCC3C2(C)CO2)C1(C)CCC. The van der Waals surface area contributed by atoms with Gasteiger partial charge in [-0.2, -0.15) is 0 Å². The lowest BCUT2D eigenvalue weighted by Crippen LogP contribution is -2.52. The minimum absolute atomic E-state index is 0.237. The summed E-state index contributed by atoms with van der Waals surface area (Å²) in [7, 11) is 0. The van der Waals surface area contributed by atoms with E-state index >= 15 is 0 Å². The first-order valence-corrected chi connectivity index (χ1v) is 13.0. The van der Waals surface area contributed by atoms with E-state index in [4.69, 9.17) is 4.74 Å². The van der Waals surface area contributed by atoms with Crippen LogP contribution in [0.15, 0.2) is 0 Å². The molecule has 164 valence electrons. The fourth-order valence-electron chi connectivity index (χ4n) is 8.71. The number of fused-ring (bicyclic) bond motifs is 3. The average Bonchev–Trinajstić information content (AvgIpc) is 3.31. The van der Waals surface area contributed by atoms with Gasteiger partial charge in [0.15, 0.2) is 0 Å². The van der Waals surface area contributed by atoms with Gasteiger partial charge in [0.1, 0.15) is 0 Å². The minimum Gasteiger partial charge on any atom is -0.370 e. The highest BCUT2D eigenvalue weighted by Gasteiger charge is 2.64. The van der Waals surface area contributed by atoms with E-state index in [1.165, 1.54) is 70.6 Å². The predicted octanol–water partition coefficient (Wildman–Crippen LogP) is 8.27. The molecule has 3 aliphatic carbocycles. The van der Waals surface area contributed by atoms with Crippen molar-refractivity contribution in [1.29, 1.82) is 0 Å². The zero-order valence-electron chi connectivity index (χ0n) is 20.3. The summed E-state index contributed by atoms with van der Waals surface area (Å²) in [4.78, 5) is 0. The number of hydrogen-bond acceptors (Lipinski definition) is 1. The van der Waals surface area contributed by atoms with E-state index in [0.29, 0.717) is 10.8 Å². The smallest absolute Gasteiger partial charge is 0.0921 e. The summed E-state index contributed by atoms with van der Waals surface area (Å²) in [6.45, 7) is 17.6. The molecule has 1 heteroatoms. The topological polar surface area (TPSA) is 12.5 Å². The van der Waals surface area contributed by atoms with E-state index < -0.39 is 0 Å². The molecule has 0 amide bonds. The van der Waals surface area contributed by atoms with E-state index in [1.54, 1.807) is 0 Å². The molecule has 0 bridgehead atoms. The summed E-state index contributed by atoms with van der Waals surface area (Å²) in [6.07, 6.45) is 16.1. The van der Waals surface area contributed by atoms with Gasteiger partial charge < -0.3 is 4.74 Å². The normalized spacial score (nSPS) is 49.6. The predicted molar refractivity (Wildman–Crippen MR) is 122 cm³/mol. The third-order valence-corrected chi connectivity index (χ3v) is 10.1. The molecule has 4 aliphatic rings. The van der Waals surface area contributed by atoms with Crippen molar-refractivity contribution in [3.8, 4) is 0 Å². The van der Waals surface area contributed by atoms with Gasteiger partial charge in [-0.3, -0.25) is 0 Å². The Kier molecular flexibility index (Phi) is 6.96. The molecule has 1 aliphatic heterocycles. The minimum atomic E-state index is 0.237. The van der Waals surface area contributed by atoms with E-state index in [0.717, 1.165) is 36.2 Å². The third kappa shape index (κ3) is 3.61. The summed E-state index contributed by atoms with van der Waals surface area (Å²) in [5.74, 6) is 4.82. The lowest BCUT2D eigenvalue weighted by molar-refractivity contribution is -0.107. The summed E-state index contributed by atoms with van der Waals surface area (Å²) < 4.78 is 5.97. The zero-order valence-corrected chi connectivity index (χ0v) is 20.3. The summed E-state index contributed by atoms with van der Waals surface area (Å²) in [5, 5.41) is 0. The van der Waals surface area contributed by atoms with Gasteiger partial charge in [0.2, 0.25) is 0 Å². The Labute approximate surface area is 176 Å². The molecule has 0 spiro atoms. The standard InChI is InChI=1S/C25H44O.C2H6/c1-6-8-9-18-10-11-19-20-12-13-22(25(5)17-26-25)24(20,4)16-14-21(19)23(18,3)15-7-2;1-2/h18-22H,6-17H2,1-5H3;1-2H3. The maximum Gasteiger partial charge on any atom is 0.0921 e. The number of rotatable bonds is 6. The van der Waals surface area contributed by atoms with Crippen LogP contribution in [0.25, 0.3) is 0 Å². The lowest BCUT2D eigenvalue weighted by atomic mass is 9.45. The second kappa shape index (κ2) is 8.60. The van der Waals surface area contributed by atoms with Crippen molar-refractivity contribution in [3.63, 3.8) is 0 Å². The van der Waals surface area contributed by atoms with Crippen molar-refractivity contribution in [2.75, 3.05) is 6.61 Å². The largest absolute Gasteiger partial charge is 0.370 e. The number of ether oxygens (including phenoxy) is 1. The Bertz CT molecular complexity index is 508. The third-order valence-electron chi connectivity index (χ3n) is 10.1. The van der Waals surface area contributed by atoms with Gasteiger partial charge in [0, 0.05) is 0 Å². The molecular formula is C27H50O. The Morgan fingerprint density at radius 1 is 0.857 bits per heavy atom. The highest BCUT2D eigenvalue weighted by atomic mass is 16.6. The quantitative estimate of drug-likeness (QED) is 0.416. The maximum absolute atomic E-state index is 5.97. The zero-order chi connectivity index (χ0) is 20.6. The van der Waals surface area contributed by atoms with Gasteiger partial charge in [-0.05, 0) is 98.7 Å². The van der Waals surface area contributed by atoms with Crippen LogP contribution in [0.4, 0.5) is 0 Å². The average molecular weight is 391 g/mol. The molecule has 1 saturated heterocycles. The molecule has 0 N–H and O–H groups in total. The summed E-state index contributed by atoms with van der Waals surface area (Å²) in [6, 6.07) is 0. The van der Waals surface area contributed by atoms with Gasteiger partial charge in [0.25, 0.3) is 0 Å². The first-order chi connectivity index (χ1) is 13.4. The lowest BCUT2D eigenvalue weighted by Gasteiger charge is -2.59. The fraction of sp³-hybridized carbons (Fsp3) is 1.00. The Morgan fingerprint density at radius 2 is 1.57 bits per heavy atom. The molecule has 4 fully saturated rings. The molecule has 3 saturated carbocycles. The molecule has 1 nitrogen and oxygen atoms in total. The van der Waals surface area contributed by atoms with Gasteiger partial charge >= 0.3 is 0 Å². The van der Waals surface area contributed by atoms with E-state index in [1.807, 2.05) is 13.8 Å². The van der Waals surface area contributed by atoms with Crippen molar-refractivity contribution in [3.05, 3.63) is 0 Å². The highest BCUT2D eigenvalue weighted by Crippen LogP contribution is 2.69. The molecular weight excluding hydrogens is 340 g/mol. The Hall–Kier alpha value is -0.0400. The van der Waals surface area contributed by atoms with Crippen LogP contribution in [-0.4, -0.2) is 12.2 Å². The van der Waals surface area contributed by atoms with Crippen LogP contribution in [0.2, 0.25) is 0 Å². The van der Waals surface area contributed by atoms with Crippen LogP contribution in [0.1, 0.15) is 119 Å². The monoisotopic (exact) mass is 390 g/mol. The molecule has 0 aromatic heterocycles. The van der Waals surface area contributed by atoms with Gasteiger partial charge in [-0.25, -0.2) is 0 Å². The van der Waals surface area contributed by atoms with E-state index in [9.17, 15) is 0 Å². The molecule has 0 radical (unpaired) electrons. The molecule has 8 unspecified atom stereocenters. The molecule has 1 heterocycles. The van der Waals surface area contributed by atoms with E-state index in [2.05, 4.69) is 34.6 Å². The van der Waals surface area contributed by atoms with Gasteiger partial charge in [0.05, 0.1) is 12.2 Å². The number of unbranched alkanes of at least 4 members (excludes halogenated alkanes) is 1. The van der Waals surface area contributed by atoms with Crippen molar-refractivity contribution >= 4 is 0 Å². The van der Waals surface area contributed by atoms with Crippen molar-refractivity contribution < 1.29 is 4.74 Å². The van der Waals surface area contributed by atoms with Crippen molar-refractivity contribution in [1.82, 2.24) is 0 Å². The van der Waals surface area contributed by atoms with Crippen LogP contribution in [0.3, 0.4) is 0 Å². The Morgan fingerprint density at radius 3 is 2.18 bits per heavy atom. The second-order valence-electron chi connectivity index (χ2n) is 11.3. The van der Waals surface area contributed by atoms with Crippen LogP contribution in [0.5, 0.6) is 0 Å². The van der Waals surface area contributed by atoms with Gasteiger partial charge in [-0.1, -0.05) is 60.8 Å². The second-order valence-corrected chi connectivity index (χ2v) is 11.3. The number of hydrogen-bond donors (Lipinski definition) is 0. The molecule has 8 atom stereocenters. The van der Waals surface area contributed by atoms with Crippen LogP contribution in [-0.2, 0) is 4.74 Å². The first-order valence-electron chi connectivity index (χ1n) is 13.0. The van der Waals surface area contributed by atoms with Crippen LogP contribution < -0.4 is 0 Å². The molecule has 0 aromatic rings.